The van der Waals surface area contributed by atoms with Gasteiger partial charge < -0.3 is 16.8 Å². The zero-order valence-corrected chi connectivity index (χ0v) is 11.1. The van der Waals surface area contributed by atoms with Gasteiger partial charge in [-0.05, 0) is 29.8 Å². The summed E-state index contributed by atoms with van der Waals surface area (Å²) in [6, 6.07) is 11.3. The molecule has 5 nitrogen and oxygen atoms in total. The molecule has 2 rings (SSSR count). The van der Waals surface area contributed by atoms with E-state index in [9.17, 15) is 9.18 Å². The fraction of sp³-hybridized carbons (Fsp3) is 0.0667. The second kappa shape index (κ2) is 5.92. The summed E-state index contributed by atoms with van der Waals surface area (Å²) in [5, 5.41) is 11.4. The third-order valence-corrected chi connectivity index (χ3v) is 2.92. The molecular formula is C15H13FN4O. The van der Waals surface area contributed by atoms with Crippen molar-refractivity contribution in [3.63, 3.8) is 0 Å². The molecule has 1 amide bonds. The molecule has 0 aliphatic heterocycles. The van der Waals surface area contributed by atoms with E-state index in [0.29, 0.717) is 12.1 Å². The van der Waals surface area contributed by atoms with E-state index >= 15 is 0 Å². The van der Waals surface area contributed by atoms with Gasteiger partial charge in [-0.25, -0.2) is 4.39 Å². The number of amides is 1. The number of hydrogen-bond donors (Lipinski definition) is 3. The van der Waals surface area contributed by atoms with Crippen LogP contribution in [0, 0.1) is 17.1 Å². The monoisotopic (exact) mass is 284 g/mol. The van der Waals surface area contributed by atoms with Crippen LogP contribution in [0.3, 0.4) is 0 Å². The number of halogens is 1. The molecule has 0 aliphatic rings. The van der Waals surface area contributed by atoms with Crippen LogP contribution in [0.25, 0.3) is 0 Å². The van der Waals surface area contributed by atoms with Crippen LogP contribution in [0.2, 0.25) is 0 Å². The Balaban J connectivity index is 2.29. The zero-order chi connectivity index (χ0) is 15.4. The van der Waals surface area contributed by atoms with Gasteiger partial charge in [-0.1, -0.05) is 12.1 Å². The van der Waals surface area contributed by atoms with E-state index in [4.69, 9.17) is 16.7 Å². The Morgan fingerprint density at radius 3 is 2.52 bits per heavy atom. The van der Waals surface area contributed by atoms with E-state index < -0.39 is 11.7 Å². The van der Waals surface area contributed by atoms with Gasteiger partial charge in [0.05, 0.1) is 23.7 Å². The molecule has 0 heterocycles. The molecule has 0 bridgehead atoms. The third kappa shape index (κ3) is 3.28. The summed E-state index contributed by atoms with van der Waals surface area (Å²) in [4.78, 5) is 11.2. The molecule has 0 spiro atoms. The largest absolute Gasteiger partial charge is 0.398 e. The van der Waals surface area contributed by atoms with Crippen molar-refractivity contribution in [1.29, 1.82) is 5.26 Å². The summed E-state index contributed by atoms with van der Waals surface area (Å²) in [5.41, 5.74) is 12.4. The minimum atomic E-state index is -0.722. The lowest BCUT2D eigenvalue weighted by Crippen LogP contribution is -2.14. The first-order valence-electron chi connectivity index (χ1n) is 6.13. The number of nitriles is 1. The van der Waals surface area contributed by atoms with Gasteiger partial charge in [-0.15, -0.1) is 0 Å². The first-order chi connectivity index (χ1) is 10.0. The van der Waals surface area contributed by atoms with Gasteiger partial charge >= 0.3 is 0 Å². The van der Waals surface area contributed by atoms with Crippen molar-refractivity contribution < 1.29 is 9.18 Å². The van der Waals surface area contributed by atoms with Gasteiger partial charge in [0.25, 0.3) is 5.91 Å². The predicted molar refractivity (Wildman–Crippen MR) is 78.4 cm³/mol. The Kier molecular flexibility index (Phi) is 4.05. The number of nitrogens with two attached hydrogens (primary N) is 2. The Morgan fingerprint density at radius 1 is 1.29 bits per heavy atom. The summed E-state index contributed by atoms with van der Waals surface area (Å²) in [5.74, 6) is -1.31. The molecule has 2 aromatic rings. The molecule has 6 heteroatoms. The van der Waals surface area contributed by atoms with Crippen LogP contribution >= 0.6 is 0 Å². The lowest BCUT2D eigenvalue weighted by atomic mass is 10.1. The first kappa shape index (κ1) is 14.3. The van der Waals surface area contributed by atoms with Crippen molar-refractivity contribution >= 4 is 23.0 Å². The number of nitrogens with one attached hydrogen (secondary N) is 1. The molecule has 0 saturated heterocycles. The van der Waals surface area contributed by atoms with Crippen molar-refractivity contribution in [1.82, 2.24) is 0 Å². The van der Waals surface area contributed by atoms with Crippen LogP contribution < -0.4 is 16.8 Å². The van der Waals surface area contributed by atoms with Crippen LogP contribution in [0.15, 0.2) is 36.4 Å². The van der Waals surface area contributed by atoms with Crippen molar-refractivity contribution in [2.24, 2.45) is 5.73 Å². The molecule has 0 radical (unpaired) electrons. The average Bonchev–Trinajstić information content (AvgIpc) is 2.43. The van der Waals surface area contributed by atoms with Crippen LogP contribution in [0.4, 0.5) is 21.5 Å². The maximum absolute atomic E-state index is 13.8. The number of nitrogen functional groups attached to an aromatic ring is 1. The summed E-state index contributed by atoms with van der Waals surface area (Å²) in [6.45, 7) is 0. The predicted octanol–water partition coefficient (Wildman–Crippen LogP) is 2.32. The maximum atomic E-state index is 13.8. The third-order valence-electron chi connectivity index (χ3n) is 2.92. The summed E-state index contributed by atoms with van der Waals surface area (Å²) in [6.07, 6.45) is 0.308. The lowest BCUT2D eigenvalue weighted by molar-refractivity contribution is 0.100. The Morgan fingerprint density at radius 2 is 1.95 bits per heavy atom. The van der Waals surface area contributed by atoms with Gasteiger partial charge in [-0.3, -0.25) is 4.79 Å². The number of carbonyl (C=O) groups excluding carboxylic acids is 1. The van der Waals surface area contributed by atoms with E-state index in [0.717, 1.165) is 11.6 Å². The molecule has 2 aromatic carbocycles. The van der Waals surface area contributed by atoms with Gasteiger partial charge in [0.2, 0.25) is 0 Å². The number of benzene rings is 2. The van der Waals surface area contributed by atoms with Crippen molar-refractivity contribution in [3.05, 3.63) is 53.3 Å². The molecule has 0 atom stereocenters. The van der Waals surface area contributed by atoms with E-state index in [1.165, 1.54) is 6.07 Å². The normalized spacial score (nSPS) is 9.90. The topological polar surface area (TPSA) is 105 Å². The molecule has 0 saturated carbocycles. The molecule has 0 aliphatic carbocycles. The summed E-state index contributed by atoms with van der Waals surface area (Å²) < 4.78 is 13.8. The van der Waals surface area contributed by atoms with E-state index in [1.54, 1.807) is 24.3 Å². The number of hydrogen-bond acceptors (Lipinski definition) is 4. The second-order valence-corrected chi connectivity index (χ2v) is 4.44. The van der Waals surface area contributed by atoms with Crippen LogP contribution in [0.1, 0.15) is 15.9 Å². The number of anilines is 3. The standard InChI is InChI=1S/C15H13FN4O/c16-12-8-13(18)11(15(19)21)7-14(12)20-10-3-1-9(2-4-10)5-6-17/h1-4,7-8,20H,5,18H2,(H2,19,21). The fourth-order valence-corrected chi connectivity index (χ4v) is 1.85. The van der Waals surface area contributed by atoms with Gasteiger partial charge in [0.1, 0.15) is 5.82 Å². The highest BCUT2D eigenvalue weighted by Crippen LogP contribution is 2.25. The van der Waals surface area contributed by atoms with Crippen LogP contribution in [0.5, 0.6) is 0 Å². The molecule has 5 N–H and O–H groups in total. The van der Waals surface area contributed by atoms with Crippen molar-refractivity contribution in [2.75, 3.05) is 11.1 Å². The highest BCUT2D eigenvalue weighted by atomic mass is 19.1. The highest BCUT2D eigenvalue weighted by molar-refractivity contribution is 5.99. The Bertz CT molecular complexity index is 720. The van der Waals surface area contributed by atoms with Gasteiger partial charge in [0, 0.05) is 11.4 Å². The minimum absolute atomic E-state index is 0.00471. The lowest BCUT2D eigenvalue weighted by Gasteiger charge is -2.11. The van der Waals surface area contributed by atoms with Crippen LogP contribution in [-0.2, 0) is 6.42 Å². The molecule has 21 heavy (non-hydrogen) atoms. The van der Waals surface area contributed by atoms with E-state index in [1.807, 2.05) is 6.07 Å². The van der Waals surface area contributed by atoms with Crippen molar-refractivity contribution in [3.8, 4) is 6.07 Å². The summed E-state index contributed by atoms with van der Waals surface area (Å²) >= 11 is 0. The highest BCUT2D eigenvalue weighted by Gasteiger charge is 2.12. The molecule has 106 valence electrons. The summed E-state index contributed by atoms with van der Waals surface area (Å²) in [7, 11) is 0. The molecule has 0 aromatic heterocycles. The average molecular weight is 284 g/mol. The fourth-order valence-electron chi connectivity index (χ4n) is 1.85. The SMILES string of the molecule is N#CCc1ccc(Nc2cc(C(N)=O)c(N)cc2F)cc1. The quantitative estimate of drug-likeness (QED) is 0.749. The maximum Gasteiger partial charge on any atom is 0.250 e. The Hall–Kier alpha value is -3.07. The van der Waals surface area contributed by atoms with Crippen LogP contribution in [-0.4, -0.2) is 5.91 Å². The smallest absolute Gasteiger partial charge is 0.250 e. The number of primary amides is 1. The molecule has 0 unspecified atom stereocenters. The zero-order valence-electron chi connectivity index (χ0n) is 11.1. The Labute approximate surface area is 121 Å². The van der Waals surface area contributed by atoms with Crippen molar-refractivity contribution in [2.45, 2.75) is 6.42 Å². The number of carbonyl (C=O) groups is 1. The number of nitrogens with zero attached hydrogens (tertiary/aromatic N) is 1. The first-order valence-corrected chi connectivity index (χ1v) is 6.13. The molecular weight excluding hydrogens is 271 g/mol. The van der Waals surface area contributed by atoms with Gasteiger partial charge in [-0.2, -0.15) is 5.26 Å². The molecule has 0 fully saturated rings. The number of rotatable bonds is 4. The van der Waals surface area contributed by atoms with E-state index in [2.05, 4.69) is 5.32 Å². The second-order valence-electron chi connectivity index (χ2n) is 4.44. The minimum Gasteiger partial charge on any atom is -0.398 e. The van der Waals surface area contributed by atoms with Gasteiger partial charge in [0.15, 0.2) is 0 Å². The van der Waals surface area contributed by atoms with E-state index in [-0.39, 0.29) is 16.9 Å².